The molecule has 0 amide bonds. The maximum absolute atomic E-state index is 4.58. The molecule has 0 N–H and O–H groups in total. The van der Waals surface area contributed by atoms with Gasteiger partial charge in [0.05, 0.1) is 16.6 Å². The van der Waals surface area contributed by atoms with Crippen molar-refractivity contribution in [3.8, 4) is 0 Å². The van der Waals surface area contributed by atoms with Gasteiger partial charge in [-0.15, -0.1) is 11.3 Å². The molecule has 1 heterocycles. The van der Waals surface area contributed by atoms with E-state index in [1.54, 1.807) is 11.3 Å². The predicted octanol–water partition coefficient (Wildman–Crippen LogP) is 2.94. The van der Waals surface area contributed by atoms with Crippen molar-refractivity contribution >= 4 is 43.7 Å². The fourth-order valence-corrected chi connectivity index (χ4v) is 2.55. The predicted molar refractivity (Wildman–Crippen MR) is 69.2 cm³/mol. The van der Waals surface area contributed by atoms with Crippen molar-refractivity contribution in [3.05, 3.63) is 27.7 Å². The molecule has 2 rings (SSSR count). The van der Waals surface area contributed by atoms with Gasteiger partial charge in [-0.05, 0) is 18.2 Å². The van der Waals surface area contributed by atoms with Gasteiger partial charge in [-0.1, -0.05) is 15.9 Å². The van der Waals surface area contributed by atoms with Crippen LogP contribution < -0.4 is 0 Å². The van der Waals surface area contributed by atoms with E-state index < -0.39 is 0 Å². The number of aromatic nitrogens is 1. The van der Waals surface area contributed by atoms with Gasteiger partial charge in [0.1, 0.15) is 25.3 Å². The van der Waals surface area contributed by atoms with E-state index >= 15 is 0 Å². The third-order valence-corrected chi connectivity index (χ3v) is 3.58. The molecule has 0 spiro atoms. The van der Waals surface area contributed by atoms with Crippen molar-refractivity contribution < 1.29 is 4.58 Å². The molecule has 0 atom stereocenters. The summed E-state index contributed by atoms with van der Waals surface area (Å²) in [7, 11) is 4.06. The topological polar surface area (TPSA) is 15.9 Å². The summed E-state index contributed by atoms with van der Waals surface area (Å²) in [6.07, 6.45) is 3.04. The van der Waals surface area contributed by atoms with Gasteiger partial charge >= 0.3 is 0 Å². The molecule has 15 heavy (non-hydrogen) atoms. The zero-order valence-electron chi connectivity index (χ0n) is 8.70. The average Bonchev–Trinajstić information content (AvgIpc) is 2.56. The molecule has 2 aromatic rings. The van der Waals surface area contributed by atoms with Crippen LogP contribution >= 0.6 is 27.3 Å². The van der Waals surface area contributed by atoms with Crippen LogP contribution in [0.15, 0.2) is 22.7 Å². The summed E-state index contributed by atoms with van der Waals surface area (Å²) >= 11 is 5.21. The Morgan fingerprint density at radius 1 is 1.47 bits per heavy atom. The van der Waals surface area contributed by atoms with Crippen molar-refractivity contribution in [1.82, 2.24) is 4.98 Å². The first-order chi connectivity index (χ1) is 7.15. The van der Waals surface area contributed by atoms with E-state index in [-0.39, 0.29) is 0 Å². The second kappa shape index (κ2) is 4.41. The van der Waals surface area contributed by atoms with Crippen molar-refractivity contribution in [2.75, 3.05) is 14.1 Å². The minimum atomic E-state index is 0.907. The number of fused-ring (bicyclic) bond motifs is 1. The standard InChI is InChI=1S/C11H12BrN2S/c1-14(2)6-5-11-13-9-7-8(12)3-4-10(9)15-11/h3-4,6-7H,5H2,1-2H3/q+1. The molecule has 0 saturated carbocycles. The molecule has 4 heteroatoms. The highest BCUT2D eigenvalue weighted by atomic mass is 79.9. The van der Waals surface area contributed by atoms with Crippen LogP contribution in [0.25, 0.3) is 10.2 Å². The molecule has 1 aromatic carbocycles. The van der Waals surface area contributed by atoms with Crippen LogP contribution in [0.1, 0.15) is 5.01 Å². The van der Waals surface area contributed by atoms with Gasteiger partial charge in [0.25, 0.3) is 0 Å². The lowest BCUT2D eigenvalue weighted by Crippen LogP contribution is -2.00. The number of nitrogens with zero attached hydrogens (tertiary/aromatic N) is 2. The number of halogens is 1. The lowest BCUT2D eigenvalue weighted by atomic mass is 10.3. The van der Waals surface area contributed by atoms with Gasteiger partial charge in [-0.25, -0.2) is 9.56 Å². The Balaban J connectivity index is 2.35. The van der Waals surface area contributed by atoms with Crippen molar-refractivity contribution in [1.29, 1.82) is 0 Å². The van der Waals surface area contributed by atoms with Crippen molar-refractivity contribution in [2.45, 2.75) is 6.42 Å². The molecule has 0 aliphatic carbocycles. The SMILES string of the molecule is C[N+](C)=CCc1nc2cc(Br)ccc2s1. The largest absolute Gasteiger partial charge is 0.245 e. The number of thiazole rings is 1. The number of hydrogen-bond acceptors (Lipinski definition) is 2. The fourth-order valence-electron chi connectivity index (χ4n) is 1.30. The third kappa shape index (κ3) is 2.63. The second-order valence-electron chi connectivity index (χ2n) is 3.57. The number of benzene rings is 1. The fraction of sp³-hybridized carbons (Fsp3) is 0.273. The minimum Gasteiger partial charge on any atom is -0.245 e. The van der Waals surface area contributed by atoms with E-state index in [1.165, 1.54) is 4.70 Å². The zero-order chi connectivity index (χ0) is 10.8. The van der Waals surface area contributed by atoms with E-state index in [0.29, 0.717) is 0 Å². The smallest absolute Gasteiger partial charge is 0.146 e. The van der Waals surface area contributed by atoms with Crippen LogP contribution in [0, 0.1) is 0 Å². The number of rotatable bonds is 2. The maximum Gasteiger partial charge on any atom is 0.146 e. The number of hydrogen-bond donors (Lipinski definition) is 0. The van der Waals surface area contributed by atoms with E-state index in [9.17, 15) is 0 Å². The highest BCUT2D eigenvalue weighted by Gasteiger charge is 2.04. The van der Waals surface area contributed by atoms with Gasteiger partial charge in [0.15, 0.2) is 0 Å². The van der Waals surface area contributed by atoms with E-state index in [4.69, 9.17) is 0 Å². The van der Waals surface area contributed by atoms with Crippen LogP contribution in [-0.2, 0) is 6.42 Å². The molecule has 0 aliphatic heterocycles. The molecular formula is C11H12BrN2S+. The lowest BCUT2D eigenvalue weighted by molar-refractivity contribution is -0.460. The summed E-state index contributed by atoms with van der Waals surface area (Å²) in [6.45, 7) is 0. The monoisotopic (exact) mass is 283 g/mol. The van der Waals surface area contributed by atoms with E-state index in [1.807, 2.05) is 14.1 Å². The maximum atomic E-state index is 4.58. The first kappa shape index (κ1) is 10.8. The van der Waals surface area contributed by atoms with Gasteiger partial charge < -0.3 is 0 Å². The van der Waals surface area contributed by atoms with Crippen LogP contribution in [0.4, 0.5) is 0 Å². The van der Waals surface area contributed by atoms with E-state index in [0.717, 1.165) is 21.4 Å². The molecule has 78 valence electrons. The van der Waals surface area contributed by atoms with Crippen LogP contribution in [-0.4, -0.2) is 29.9 Å². The molecule has 0 aliphatic rings. The van der Waals surface area contributed by atoms with Crippen LogP contribution in [0.3, 0.4) is 0 Å². The normalized spacial score (nSPS) is 10.6. The first-order valence-electron chi connectivity index (χ1n) is 4.70. The van der Waals surface area contributed by atoms with E-state index in [2.05, 4.69) is 49.9 Å². The highest BCUT2D eigenvalue weighted by molar-refractivity contribution is 9.10. The summed E-state index contributed by atoms with van der Waals surface area (Å²) < 4.78 is 4.39. The molecule has 0 bridgehead atoms. The van der Waals surface area contributed by atoms with Crippen LogP contribution in [0.2, 0.25) is 0 Å². The first-order valence-corrected chi connectivity index (χ1v) is 6.31. The van der Waals surface area contributed by atoms with Gasteiger partial charge in [0.2, 0.25) is 0 Å². The Morgan fingerprint density at radius 3 is 3.00 bits per heavy atom. The summed E-state index contributed by atoms with van der Waals surface area (Å²) in [6, 6.07) is 6.22. The van der Waals surface area contributed by atoms with Crippen molar-refractivity contribution in [2.24, 2.45) is 0 Å². The lowest BCUT2D eigenvalue weighted by Gasteiger charge is -1.87. The molecule has 0 saturated heterocycles. The Labute approximate surface area is 101 Å². The van der Waals surface area contributed by atoms with Crippen LogP contribution in [0.5, 0.6) is 0 Å². The van der Waals surface area contributed by atoms with Gasteiger partial charge in [-0.3, -0.25) is 0 Å². The average molecular weight is 284 g/mol. The molecule has 0 radical (unpaired) electrons. The Kier molecular flexibility index (Phi) is 3.17. The molecule has 0 fully saturated rings. The third-order valence-electron chi connectivity index (χ3n) is 2.02. The summed E-state index contributed by atoms with van der Waals surface area (Å²) in [5.41, 5.74) is 1.08. The summed E-state index contributed by atoms with van der Waals surface area (Å²) in [5, 5.41) is 1.16. The zero-order valence-corrected chi connectivity index (χ0v) is 11.1. The summed E-state index contributed by atoms with van der Waals surface area (Å²) in [4.78, 5) is 4.58. The Morgan fingerprint density at radius 2 is 2.27 bits per heavy atom. The van der Waals surface area contributed by atoms with Gasteiger partial charge in [0, 0.05) is 4.47 Å². The summed E-state index contributed by atoms with van der Waals surface area (Å²) in [5.74, 6) is 0. The Bertz CT molecular complexity index is 512. The minimum absolute atomic E-state index is 0.907. The van der Waals surface area contributed by atoms with Crippen molar-refractivity contribution in [3.63, 3.8) is 0 Å². The molecule has 0 unspecified atom stereocenters. The second-order valence-corrected chi connectivity index (χ2v) is 5.60. The quantitative estimate of drug-likeness (QED) is 0.611. The van der Waals surface area contributed by atoms with Gasteiger partial charge in [-0.2, -0.15) is 0 Å². The molecule has 1 aromatic heterocycles. The Hall–Kier alpha value is -0.740. The molecule has 2 nitrogen and oxygen atoms in total. The molecular weight excluding hydrogens is 272 g/mol. The highest BCUT2D eigenvalue weighted by Crippen LogP contribution is 2.25.